The number of benzene rings is 2. The number of hydrogen-bond acceptors (Lipinski definition) is 6. The second kappa shape index (κ2) is 8.73. The molecule has 3 rings (SSSR count). The highest BCUT2D eigenvalue weighted by Gasteiger charge is 2.10. The summed E-state index contributed by atoms with van der Waals surface area (Å²) in [5, 5.41) is 11.5. The van der Waals surface area contributed by atoms with Gasteiger partial charge in [-0.2, -0.15) is 0 Å². The SMILES string of the molecule is CSc1ccccc1NC(=O)CCSc1nnc(-c2ccccc2)o1. The van der Waals surface area contributed by atoms with Crippen LogP contribution in [-0.2, 0) is 4.79 Å². The van der Waals surface area contributed by atoms with Gasteiger partial charge in [0.05, 0.1) is 5.69 Å². The van der Waals surface area contributed by atoms with Crippen molar-refractivity contribution in [1.82, 2.24) is 10.2 Å². The number of nitrogens with one attached hydrogen (secondary N) is 1. The predicted molar refractivity (Wildman–Crippen MR) is 102 cm³/mol. The number of rotatable bonds is 7. The maximum Gasteiger partial charge on any atom is 0.276 e. The van der Waals surface area contributed by atoms with Gasteiger partial charge in [-0.25, -0.2) is 0 Å². The molecule has 0 fully saturated rings. The molecule has 1 N–H and O–H groups in total. The number of aromatic nitrogens is 2. The molecule has 0 unspecified atom stereocenters. The molecular weight excluding hydrogens is 354 g/mol. The first kappa shape index (κ1) is 17.6. The van der Waals surface area contributed by atoms with Gasteiger partial charge in [-0.3, -0.25) is 4.79 Å². The van der Waals surface area contributed by atoms with E-state index in [1.54, 1.807) is 11.8 Å². The van der Waals surface area contributed by atoms with Gasteiger partial charge in [0.25, 0.3) is 5.22 Å². The smallest absolute Gasteiger partial charge is 0.276 e. The van der Waals surface area contributed by atoms with Gasteiger partial charge in [-0.15, -0.1) is 22.0 Å². The van der Waals surface area contributed by atoms with Gasteiger partial charge in [-0.05, 0) is 30.5 Å². The maximum absolute atomic E-state index is 12.1. The van der Waals surface area contributed by atoms with E-state index >= 15 is 0 Å². The number of hydrogen-bond donors (Lipinski definition) is 1. The molecule has 0 aliphatic heterocycles. The summed E-state index contributed by atoms with van der Waals surface area (Å²) in [4.78, 5) is 13.1. The summed E-state index contributed by atoms with van der Waals surface area (Å²) in [6.07, 6.45) is 2.36. The Morgan fingerprint density at radius 1 is 1.08 bits per heavy atom. The number of nitrogens with zero attached hydrogens (tertiary/aromatic N) is 2. The van der Waals surface area contributed by atoms with Crippen molar-refractivity contribution in [2.45, 2.75) is 16.5 Å². The minimum absolute atomic E-state index is 0.0307. The standard InChI is InChI=1S/C18H17N3O2S2/c1-24-15-10-6-5-9-14(15)19-16(22)11-12-25-18-21-20-17(23-18)13-7-3-2-4-8-13/h2-10H,11-12H2,1H3,(H,19,22). The Hall–Kier alpha value is -2.25. The molecule has 0 bridgehead atoms. The molecule has 0 radical (unpaired) electrons. The number of para-hydroxylation sites is 1. The zero-order valence-electron chi connectivity index (χ0n) is 13.6. The zero-order valence-corrected chi connectivity index (χ0v) is 15.3. The van der Waals surface area contributed by atoms with Gasteiger partial charge >= 0.3 is 0 Å². The first-order chi connectivity index (χ1) is 12.3. The van der Waals surface area contributed by atoms with Crippen LogP contribution in [0.1, 0.15) is 6.42 Å². The summed E-state index contributed by atoms with van der Waals surface area (Å²) in [5.74, 6) is 1.03. The molecule has 25 heavy (non-hydrogen) atoms. The summed E-state index contributed by atoms with van der Waals surface area (Å²) in [5.41, 5.74) is 1.72. The first-order valence-electron chi connectivity index (χ1n) is 7.71. The van der Waals surface area contributed by atoms with Crippen LogP contribution in [0.25, 0.3) is 11.5 Å². The minimum Gasteiger partial charge on any atom is -0.411 e. The van der Waals surface area contributed by atoms with Gasteiger partial charge in [0.15, 0.2) is 0 Å². The lowest BCUT2D eigenvalue weighted by molar-refractivity contribution is -0.115. The number of carbonyl (C=O) groups excluding carboxylic acids is 1. The predicted octanol–water partition coefficient (Wildman–Crippen LogP) is 4.58. The lowest BCUT2D eigenvalue weighted by atomic mass is 10.2. The Kier molecular flexibility index (Phi) is 6.14. The Bertz CT molecular complexity index is 837. The summed E-state index contributed by atoms with van der Waals surface area (Å²) in [7, 11) is 0. The van der Waals surface area contributed by atoms with Crippen molar-refractivity contribution in [3.05, 3.63) is 54.6 Å². The Morgan fingerprint density at radius 2 is 1.84 bits per heavy atom. The van der Waals surface area contributed by atoms with E-state index in [4.69, 9.17) is 4.42 Å². The summed E-state index contributed by atoms with van der Waals surface area (Å²) in [6, 6.07) is 17.4. The molecule has 3 aromatic rings. The molecule has 1 amide bonds. The van der Waals surface area contributed by atoms with Crippen LogP contribution in [0.3, 0.4) is 0 Å². The van der Waals surface area contributed by atoms with Crippen LogP contribution in [-0.4, -0.2) is 28.1 Å². The Morgan fingerprint density at radius 3 is 2.64 bits per heavy atom. The van der Waals surface area contributed by atoms with Crippen molar-refractivity contribution in [2.24, 2.45) is 0 Å². The minimum atomic E-state index is -0.0307. The highest BCUT2D eigenvalue weighted by Crippen LogP contribution is 2.26. The number of thioether (sulfide) groups is 2. The zero-order chi connectivity index (χ0) is 17.5. The molecule has 7 heteroatoms. The summed E-state index contributed by atoms with van der Waals surface area (Å²) < 4.78 is 5.61. The molecule has 2 aromatic carbocycles. The van der Waals surface area contributed by atoms with Crippen molar-refractivity contribution in [3.8, 4) is 11.5 Å². The lowest BCUT2D eigenvalue weighted by Crippen LogP contribution is -2.12. The molecule has 0 aliphatic rings. The molecule has 0 saturated heterocycles. The topological polar surface area (TPSA) is 68.0 Å². The molecule has 1 heterocycles. The van der Waals surface area contributed by atoms with Gasteiger partial charge < -0.3 is 9.73 Å². The maximum atomic E-state index is 12.1. The number of amides is 1. The third-order valence-corrected chi connectivity index (χ3v) is 4.98. The lowest BCUT2D eigenvalue weighted by Gasteiger charge is -2.08. The average molecular weight is 371 g/mol. The fourth-order valence-electron chi connectivity index (χ4n) is 2.16. The van der Waals surface area contributed by atoms with E-state index in [0.29, 0.717) is 23.3 Å². The van der Waals surface area contributed by atoms with Crippen LogP contribution < -0.4 is 5.32 Å². The van der Waals surface area contributed by atoms with Crippen molar-refractivity contribution < 1.29 is 9.21 Å². The fourth-order valence-corrected chi connectivity index (χ4v) is 3.41. The highest BCUT2D eigenvalue weighted by molar-refractivity contribution is 7.99. The van der Waals surface area contributed by atoms with Crippen LogP contribution in [0.5, 0.6) is 0 Å². The molecule has 0 aliphatic carbocycles. The first-order valence-corrected chi connectivity index (χ1v) is 9.92. The van der Waals surface area contributed by atoms with E-state index in [2.05, 4.69) is 15.5 Å². The molecule has 5 nitrogen and oxygen atoms in total. The normalized spacial score (nSPS) is 10.6. The number of carbonyl (C=O) groups is 1. The number of anilines is 1. The van der Waals surface area contributed by atoms with Gasteiger partial charge in [0.1, 0.15) is 0 Å². The largest absolute Gasteiger partial charge is 0.411 e. The van der Waals surface area contributed by atoms with Crippen LogP contribution in [0, 0.1) is 0 Å². The third-order valence-electron chi connectivity index (χ3n) is 3.36. The Labute approximate surface area is 154 Å². The molecule has 0 saturated carbocycles. The van der Waals surface area contributed by atoms with Crippen molar-refractivity contribution >= 4 is 35.1 Å². The van der Waals surface area contributed by atoms with Gasteiger partial charge in [0.2, 0.25) is 11.8 Å². The molecule has 0 atom stereocenters. The molecule has 128 valence electrons. The van der Waals surface area contributed by atoms with Crippen molar-refractivity contribution in [1.29, 1.82) is 0 Å². The highest BCUT2D eigenvalue weighted by atomic mass is 32.2. The van der Waals surface area contributed by atoms with Crippen molar-refractivity contribution in [3.63, 3.8) is 0 Å². The van der Waals surface area contributed by atoms with E-state index in [1.165, 1.54) is 11.8 Å². The van der Waals surface area contributed by atoms with Gasteiger partial charge in [0, 0.05) is 22.6 Å². The average Bonchev–Trinajstić information content (AvgIpc) is 3.12. The second-order valence-corrected chi connectivity index (χ2v) is 6.98. The van der Waals surface area contributed by atoms with Gasteiger partial charge in [-0.1, -0.05) is 42.1 Å². The van der Waals surface area contributed by atoms with E-state index in [9.17, 15) is 4.79 Å². The monoisotopic (exact) mass is 371 g/mol. The van der Waals surface area contributed by atoms with Crippen molar-refractivity contribution in [2.75, 3.05) is 17.3 Å². The molecular formula is C18H17N3O2S2. The van der Waals surface area contributed by atoms with Crippen LogP contribution >= 0.6 is 23.5 Å². The quantitative estimate of drug-likeness (QED) is 0.613. The molecule has 0 spiro atoms. The van der Waals surface area contributed by atoms with E-state index < -0.39 is 0 Å². The fraction of sp³-hybridized carbons (Fsp3) is 0.167. The second-order valence-electron chi connectivity index (χ2n) is 5.09. The Balaban J connectivity index is 1.50. The summed E-state index contributed by atoms with van der Waals surface area (Å²) in [6.45, 7) is 0. The summed E-state index contributed by atoms with van der Waals surface area (Å²) >= 11 is 2.98. The van der Waals surface area contributed by atoms with E-state index in [0.717, 1.165) is 16.1 Å². The van der Waals surface area contributed by atoms with E-state index in [1.807, 2.05) is 60.9 Å². The third kappa shape index (κ3) is 4.87. The molecule has 1 aromatic heterocycles. The van der Waals surface area contributed by atoms with Crippen LogP contribution in [0.2, 0.25) is 0 Å². The van der Waals surface area contributed by atoms with Crippen LogP contribution in [0.4, 0.5) is 5.69 Å². The van der Waals surface area contributed by atoms with E-state index in [-0.39, 0.29) is 5.91 Å². The van der Waals surface area contributed by atoms with Crippen LogP contribution in [0.15, 0.2) is 69.1 Å².